The second kappa shape index (κ2) is 5.96. The molecule has 0 aliphatic heterocycles. The molecule has 0 saturated carbocycles. The van der Waals surface area contributed by atoms with Crippen molar-refractivity contribution in [1.82, 2.24) is 9.97 Å². The molecule has 104 valence electrons. The van der Waals surface area contributed by atoms with E-state index in [0.717, 1.165) is 11.4 Å². The Morgan fingerprint density at radius 3 is 2.45 bits per heavy atom. The normalized spacial score (nSPS) is 11.6. The molecule has 1 aromatic heterocycles. The Kier molecular flexibility index (Phi) is 4.29. The van der Waals surface area contributed by atoms with Crippen molar-refractivity contribution >= 4 is 23.3 Å². The zero-order valence-electron chi connectivity index (χ0n) is 11.4. The molecule has 0 atom stereocenters. The van der Waals surface area contributed by atoms with Gasteiger partial charge in [0, 0.05) is 17.0 Å². The monoisotopic (exact) mass is 292 g/mol. The molecule has 0 unspecified atom stereocenters. The van der Waals surface area contributed by atoms with Crippen LogP contribution in [0.15, 0.2) is 29.4 Å². The number of aryl methyl sites for hydroxylation is 2. The fourth-order valence-electron chi connectivity index (χ4n) is 1.75. The predicted molar refractivity (Wildman–Crippen MR) is 78.7 cm³/mol. The van der Waals surface area contributed by atoms with Gasteiger partial charge in [0.2, 0.25) is 5.95 Å². The molecule has 0 amide bonds. The van der Waals surface area contributed by atoms with Gasteiger partial charge < -0.3 is 0 Å². The summed E-state index contributed by atoms with van der Waals surface area (Å²) in [5.74, 6) is 0.0391. The first kappa shape index (κ1) is 14.4. The summed E-state index contributed by atoms with van der Waals surface area (Å²) >= 11 is 5.98. The van der Waals surface area contributed by atoms with Crippen LogP contribution in [-0.2, 0) is 0 Å². The number of anilines is 1. The number of hydrogen-bond donors (Lipinski definition) is 1. The lowest BCUT2D eigenvalue weighted by Crippen LogP contribution is -2.04. The predicted octanol–water partition coefficient (Wildman–Crippen LogP) is 3.72. The Morgan fingerprint density at radius 1 is 1.20 bits per heavy atom. The summed E-state index contributed by atoms with van der Waals surface area (Å²) in [7, 11) is 0. The van der Waals surface area contributed by atoms with Crippen LogP contribution in [-0.4, -0.2) is 15.7 Å². The first-order valence-electron chi connectivity index (χ1n) is 6.03. The van der Waals surface area contributed by atoms with Gasteiger partial charge in [0.05, 0.1) is 10.7 Å². The van der Waals surface area contributed by atoms with E-state index >= 15 is 0 Å². The second-order valence-corrected chi connectivity index (χ2v) is 4.81. The maximum absolute atomic E-state index is 13.0. The highest BCUT2D eigenvalue weighted by Gasteiger charge is 2.05. The lowest BCUT2D eigenvalue weighted by Gasteiger charge is -2.06. The van der Waals surface area contributed by atoms with Gasteiger partial charge in [-0.1, -0.05) is 11.6 Å². The van der Waals surface area contributed by atoms with Crippen molar-refractivity contribution in [3.63, 3.8) is 0 Å². The number of rotatable bonds is 3. The summed E-state index contributed by atoms with van der Waals surface area (Å²) in [4.78, 5) is 8.43. The van der Waals surface area contributed by atoms with Crippen LogP contribution in [0.2, 0.25) is 5.02 Å². The van der Waals surface area contributed by atoms with E-state index in [1.54, 1.807) is 13.0 Å². The summed E-state index contributed by atoms with van der Waals surface area (Å²) < 4.78 is 13.0. The van der Waals surface area contributed by atoms with Crippen molar-refractivity contribution in [3.05, 3.63) is 52.1 Å². The van der Waals surface area contributed by atoms with E-state index in [1.807, 2.05) is 19.9 Å². The van der Waals surface area contributed by atoms with E-state index in [9.17, 15) is 4.39 Å². The maximum atomic E-state index is 13.0. The first-order valence-corrected chi connectivity index (χ1v) is 6.41. The van der Waals surface area contributed by atoms with E-state index in [1.165, 1.54) is 12.1 Å². The minimum absolute atomic E-state index is 0.314. The SMILES string of the molecule is C/C(=N/Nc1nc(C)cc(C)n1)c1ccc(F)cc1Cl. The van der Waals surface area contributed by atoms with E-state index in [4.69, 9.17) is 11.6 Å². The number of hydrogen-bond acceptors (Lipinski definition) is 4. The van der Waals surface area contributed by atoms with Crippen LogP contribution in [0.4, 0.5) is 10.3 Å². The van der Waals surface area contributed by atoms with E-state index < -0.39 is 0 Å². The van der Waals surface area contributed by atoms with Gasteiger partial charge in [0.15, 0.2) is 0 Å². The molecule has 0 spiro atoms. The summed E-state index contributed by atoms with van der Waals surface area (Å²) in [6.07, 6.45) is 0. The van der Waals surface area contributed by atoms with Crippen molar-refractivity contribution in [1.29, 1.82) is 0 Å². The molecule has 20 heavy (non-hydrogen) atoms. The van der Waals surface area contributed by atoms with Gasteiger partial charge in [-0.3, -0.25) is 0 Å². The van der Waals surface area contributed by atoms with Crippen LogP contribution in [0.1, 0.15) is 23.9 Å². The molecule has 6 heteroatoms. The van der Waals surface area contributed by atoms with E-state index in [-0.39, 0.29) is 5.82 Å². The van der Waals surface area contributed by atoms with Crippen molar-refractivity contribution in [2.45, 2.75) is 20.8 Å². The summed E-state index contributed by atoms with van der Waals surface area (Å²) in [5.41, 5.74) is 5.77. The van der Waals surface area contributed by atoms with Crippen molar-refractivity contribution in [2.24, 2.45) is 5.10 Å². The second-order valence-electron chi connectivity index (χ2n) is 4.41. The third kappa shape index (κ3) is 3.51. The number of nitrogens with one attached hydrogen (secondary N) is 1. The Balaban J connectivity index is 2.22. The zero-order valence-corrected chi connectivity index (χ0v) is 12.2. The molecule has 0 aliphatic rings. The highest BCUT2D eigenvalue weighted by molar-refractivity contribution is 6.34. The van der Waals surface area contributed by atoms with Gasteiger partial charge >= 0.3 is 0 Å². The van der Waals surface area contributed by atoms with Crippen molar-refractivity contribution < 1.29 is 4.39 Å². The number of aromatic nitrogens is 2. The van der Waals surface area contributed by atoms with Gasteiger partial charge in [-0.25, -0.2) is 19.8 Å². The quantitative estimate of drug-likeness (QED) is 0.693. The Hall–Kier alpha value is -2.01. The van der Waals surface area contributed by atoms with Gasteiger partial charge in [-0.15, -0.1) is 0 Å². The van der Waals surface area contributed by atoms with Gasteiger partial charge in [-0.2, -0.15) is 5.10 Å². The van der Waals surface area contributed by atoms with E-state index in [2.05, 4.69) is 20.5 Å². The first-order chi connectivity index (χ1) is 9.45. The van der Waals surface area contributed by atoms with Crippen molar-refractivity contribution in [3.8, 4) is 0 Å². The highest BCUT2D eigenvalue weighted by Crippen LogP contribution is 2.18. The van der Waals surface area contributed by atoms with Crippen LogP contribution in [0.3, 0.4) is 0 Å². The van der Waals surface area contributed by atoms with Crippen LogP contribution in [0.5, 0.6) is 0 Å². The minimum atomic E-state index is -0.378. The Bertz CT molecular complexity index is 650. The topological polar surface area (TPSA) is 50.2 Å². The summed E-state index contributed by atoms with van der Waals surface area (Å²) in [6.45, 7) is 5.54. The molecular formula is C14H14ClFN4. The van der Waals surface area contributed by atoms with Gasteiger partial charge in [-0.05, 0) is 45.0 Å². The summed E-state index contributed by atoms with van der Waals surface area (Å²) in [6, 6.07) is 6.05. The molecule has 1 N–H and O–H groups in total. The number of benzene rings is 1. The zero-order chi connectivity index (χ0) is 14.7. The van der Waals surface area contributed by atoms with Gasteiger partial charge in [0.1, 0.15) is 5.82 Å². The lowest BCUT2D eigenvalue weighted by atomic mass is 10.1. The Morgan fingerprint density at radius 2 is 1.85 bits per heavy atom. The van der Waals surface area contributed by atoms with Crippen LogP contribution in [0.25, 0.3) is 0 Å². The molecule has 2 aromatic rings. The average molecular weight is 293 g/mol. The third-order valence-electron chi connectivity index (χ3n) is 2.63. The molecule has 1 heterocycles. The molecule has 0 fully saturated rings. The van der Waals surface area contributed by atoms with Crippen LogP contribution < -0.4 is 5.43 Å². The third-order valence-corrected chi connectivity index (χ3v) is 2.94. The largest absolute Gasteiger partial charge is 0.245 e. The van der Waals surface area contributed by atoms with Crippen LogP contribution >= 0.6 is 11.6 Å². The molecular weight excluding hydrogens is 279 g/mol. The standard InChI is InChI=1S/C14H14ClFN4/c1-8-6-9(2)18-14(17-8)20-19-10(3)12-5-4-11(16)7-13(12)15/h4-7H,1-3H3,(H,17,18,20)/b19-10-. The average Bonchev–Trinajstić information content (AvgIpc) is 2.35. The minimum Gasteiger partial charge on any atom is -0.245 e. The Labute approximate surface area is 121 Å². The fourth-order valence-corrected chi connectivity index (χ4v) is 2.06. The van der Waals surface area contributed by atoms with E-state index in [0.29, 0.717) is 22.2 Å². The summed E-state index contributed by atoms with van der Waals surface area (Å²) in [5, 5.41) is 4.49. The van der Waals surface area contributed by atoms with Gasteiger partial charge in [0.25, 0.3) is 0 Å². The molecule has 4 nitrogen and oxygen atoms in total. The molecule has 0 saturated heterocycles. The fraction of sp³-hybridized carbons (Fsp3) is 0.214. The molecule has 0 radical (unpaired) electrons. The maximum Gasteiger partial charge on any atom is 0.243 e. The molecule has 2 rings (SSSR count). The molecule has 0 bridgehead atoms. The highest BCUT2D eigenvalue weighted by atomic mass is 35.5. The van der Waals surface area contributed by atoms with Crippen LogP contribution in [0, 0.1) is 19.7 Å². The van der Waals surface area contributed by atoms with Crippen molar-refractivity contribution in [2.75, 3.05) is 5.43 Å². The number of nitrogens with zero attached hydrogens (tertiary/aromatic N) is 3. The molecule has 1 aromatic carbocycles. The smallest absolute Gasteiger partial charge is 0.243 e. The number of hydrazone groups is 1. The lowest BCUT2D eigenvalue weighted by molar-refractivity contribution is 0.628. The number of halogens is 2. The molecule has 0 aliphatic carbocycles.